The van der Waals surface area contributed by atoms with Crippen LogP contribution in [0.4, 0.5) is 0 Å². The number of aromatic nitrogens is 3. The molecule has 2 N–H and O–H groups in total. The van der Waals surface area contributed by atoms with E-state index in [4.69, 9.17) is 4.74 Å². The highest BCUT2D eigenvalue weighted by molar-refractivity contribution is 5.78. The number of amides is 1. The SMILES string of the molecule is Cc1nc(-c2cccnc2)[nH]c(=O)c1CC(=O)NCC1CCOC1. The van der Waals surface area contributed by atoms with Crippen molar-refractivity contribution in [2.45, 2.75) is 19.8 Å². The average Bonchev–Trinajstić information content (AvgIpc) is 3.10. The molecule has 1 amide bonds. The molecule has 1 fully saturated rings. The Bertz CT molecular complexity index is 767. The summed E-state index contributed by atoms with van der Waals surface area (Å²) < 4.78 is 5.28. The van der Waals surface area contributed by atoms with Gasteiger partial charge < -0.3 is 15.0 Å². The first-order valence-corrected chi connectivity index (χ1v) is 7.98. The molecule has 1 saturated heterocycles. The van der Waals surface area contributed by atoms with Crippen LogP contribution >= 0.6 is 0 Å². The smallest absolute Gasteiger partial charge is 0.255 e. The Morgan fingerprint density at radius 1 is 1.50 bits per heavy atom. The van der Waals surface area contributed by atoms with Gasteiger partial charge in [-0.15, -0.1) is 0 Å². The van der Waals surface area contributed by atoms with Crippen molar-refractivity contribution >= 4 is 5.91 Å². The third-order valence-electron chi connectivity index (χ3n) is 4.11. The monoisotopic (exact) mass is 328 g/mol. The number of aromatic amines is 1. The summed E-state index contributed by atoms with van der Waals surface area (Å²) in [6.07, 6.45) is 4.27. The van der Waals surface area contributed by atoms with Crippen LogP contribution in [0.3, 0.4) is 0 Å². The van der Waals surface area contributed by atoms with Gasteiger partial charge in [0.2, 0.25) is 5.91 Å². The van der Waals surface area contributed by atoms with Gasteiger partial charge in [0.25, 0.3) is 5.56 Å². The molecule has 0 saturated carbocycles. The van der Waals surface area contributed by atoms with Crippen molar-refractivity contribution in [1.82, 2.24) is 20.3 Å². The van der Waals surface area contributed by atoms with Crippen molar-refractivity contribution in [3.8, 4) is 11.4 Å². The summed E-state index contributed by atoms with van der Waals surface area (Å²) >= 11 is 0. The maximum atomic E-state index is 12.3. The van der Waals surface area contributed by atoms with Gasteiger partial charge in [-0.05, 0) is 25.5 Å². The second-order valence-corrected chi connectivity index (χ2v) is 5.93. The van der Waals surface area contributed by atoms with Crippen LogP contribution in [0, 0.1) is 12.8 Å². The Labute approximate surface area is 139 Å². The zero-order chi connectivity index (χ0) is 16.9. The average molecular weight is 328 g/mol. The number of hydrogen-bond donors (Lipinski definition) is 2. The molecular formula is C17H20N4O3. The predicted molar refractivity (Wildman–Crippen MR) is 88.5 cm³/mol. The second-order valence-electron chi connectivity index (χ2n) is 5.93. The Hall–Kier alpha value is -2.54. The number of nitrogens with zero attached hydrogens (tertiary/aromatic N) is 2. The van der Waals surface area contributed by atoms with Crippen LogP contribution in [0.25, 0.3) is 11.4 Å². The number of aryl methyl sites for hydroxylation is 1. The molecule has 24 heavy (non-hydrogen) atoms. The normalized spacial score (nSPS) is 17.0. The number of carbonyl (C=O) groups excluding carboxylic acids is 1. The fourth-order valence-corrected chi connectivity index (χ4v) is 2.68. The molecule has 2 aromatic rings. The number of rotatable bonds is 5. The minimum Gasteiger partial charge on any atom is -0.381 e. The van der Waals surface area contributed by atoms with Crippen LogP contribution in [0.1, 0.15) is 17.7 Å². The van der Waals surface area contributed by atoms with E-state index < -0.39 is 0 Å². The van der Waals surface area contributed by atoms with Gasteiger partial charge in [-0.2, -0.15) is 0 Å². The van der Waals surface area contributed by atoms with Crippen LogP contribution in [-0.2, 0) is 16.0 Å². The Kier molecular flexibility index (Phi) is 5.00. The van der Waals surface area contributed by atoms with E-state index in [1.165, 1.54) is 0 Å². The number of nitrogens with one attached hydrogen (secondary N) is 2. The lowest BCUT2D eigenvalue weighted by Crippen LogP contribution is -2.33. The molecule has 3 rings (SSSR count). The molecule has 1 aliphatic heterocycles. The highest BCUT2D eigenvalue weighted by atomic mass is 16.5. The maximum absolute atomic E-state index is 12.3. The van der Waals surface area contributed by atoms with Crippen LogP contribution in [-0.4, -0.2) is 40.6 Å². The molecule has 0 bridgehead atoms. The fourth-order valence-electron chi connectivity index (χ4n) is 2.68. The van der Waals surface area contributed by atoms with Gasteiger partial charge in [0.15, 0.2) is 0 Å². The minimum absolute atomic E-state index is 0.0229. The van der Waals surface area contributed by atoms with E-state index in [2.05, 4.69) is 20.3 Å². The number of H-pyrrole nitrogens is 1. The van der Waals surface area contributed by atoms with Crippen molar-refractivity contribution in [3.63, 3.8) is 0 Å². The quantitative estimate of drug-likeness (QED) is 0.847. The lowest BCUT2D eigenvalue weighted by Gasteiger charge is -2.10. The molecule has 2 aromatic heterocycles. The topological polar surface area (TPSA) is 97.0 Å². The zero-order valence-corrected chi connectivity index (χ0v) is 13.5. The molecule has 1 unspecified atom stereocenters. The fraction of sp³-hybridized carbons (Fsp3) is 0.412. The highest BCUT2D eigenvalue weighted by Crippen LogP contribution is 2.13. The van der Waals surface area contributed by atoms with E-state index >= 15 is 0 Å². The van der Waals surface area contributed by atoms with Crippen molar-refractivity contribution in [3.05, 3.63) is 46.1 Å². The molecule has 0 aliphatic carbocycles. The van der Waals surface area contributed by atoms with E-state index in [1.807, 2.05) is 6.07 Å². The molecule has 7 nitrogen and oxygen atoms in total. The third kappa shape index (κ3) is 3.86. The van der Waals surface area contributed by atoms with Gasteiger partial charge >= 0.3 is 0 Å². The molecule has 3 heterocycles. The Morgan fingerprint density at radius 2 is 2.38 bits per heavy atom. The minimum atomic E-state index is -0.291. The molecule has 1 aliphatic rings. The molecule has 0 radical (unpaired) electrons. The maximum Gasteiger partial charge on any atom is 0.255 e. The third-order valence-corrected chi connectivity index (χ3v) is 4.11. The Balaban J connectivity index is 1.69. The molecule has 126 valence electrons. The summed E-state index contributed by atoms with van der Waals surface area (Å²) in [6.45, 7) is 3.75. The largest absolute Gasteiger partial charge is 0.381 e. The van der Waals surface area contributed by atoms with Gasteiger partial charge in [0, 0.05) is 48.3 Å². The van der Waals surface area contributed by atoms with Crippen LogP contribution in [0.15, 0.2) is 29.3 Å². The van der Waals surface area contributed by atoms with Crippen LogP contribution in [0.2, 0.25) is 0 Å². The predicted octanol–water partition coefficient (Wildman–Crippen LogP) is 0.836. The molecule has 0 aromatic carbocycles. The van der Waals surface area contributed by atoms with Crippen molar-refractivity contribution in [2.75, 3.05) is 19.8 Å². The van der Waals surface area contributed by atoms with Crippen LogP contribution < -0.4 is 10.9 Å². The first-order valence-electron chi connectivity index (χ1n) is 7.98. The van der Waals surface area contributed by atoms with E-state index in [-0.39, 0.29) is 17.9 Å². The van der Waals surface area contributed by atoms with Crippen molar-refractivity contribution in [1.29, 1.82) is 0 Å². The number of ether oxygens (including phenoxy) is 1. The lowest BCUT2D eigenvalue weighted by atomic mass is 10.1. The summed E-state index contributed by atoms with van der Waals surface area (Å²) in [6, 6.07) is 3.60. The lowest BCUT2D eigenvalue weighted by molar-refractivity contribution is -0.120. The molecule has 1 atom stereocenters. The standard InChI is InChI=1S/C17H20N4O3/c1-11-14(7-15(22)19-8-12-4-6-24-10-12)17(23)21-16(20-11)13-3-2-5-18-9-13/h2-3,5,9,12H,4,6-8,10H2,1H3,(H,19,22)(H,20,21,23). The summed E-state index contributed by atoms with van der Waals surface area (Å²) in [7, 11) is 0. The number of carbonyl (C=O) groups is 1. The summed E-state index contributed by atoms with van der Waals surface area (Å²) in [5.41, 5.74) is 1.38. The van der Waals surface area contributed by atoms with E-state index in [1.54, 1.807) is 25.4 Å². The Morgan fingerprint density at radius 3 is 3.04 bits per heavy atom. The van der Waals surface area contributed by atoms with Gasteiger partial charge in [-0.1, -0.05) is 0 Å². The molecule has 7 heteroatoms. The van der Waals surface area contributed by atoms with Gasteiger partial charge in [0.1, 0.15) is 5.82 Å². The second kappa shape index (κ2) is 7.35. The van der Waals surface area contributed by atoms with E-state index in [0.29, 0.717) is 36.2 Å². The van der Waals surface area contributed by atoms with Gasteiger partial charge in [-0.25, -0.2) is 4.98 Å². The molecular weight excluding hydrogens is 308 g/mol. The summed E-state index contributed by atoms with van der Waals surface area (Å²) in [5, 5.41) is 2.86. The summed E-state index contributed by atoms with van der Waals surface area (Å²) in [4.78, 5) is 35.5. The van der Waals surface area contributed by atoms with Crippen LogP contribution in [0.5, 0.6) is 0 Å². The summed E-state index contributed by atoms with van der Waals surface area (Å²) in [5.74, 6) is 0.642. The van der Waals surface area contributed by atoms with Crippen molar-refractivity contribution in [2.24, 2.45) is 5.92 Å². The van der Waals surface area contributed by atoms with Crippen molar-refractivity contribution < 1.29 is 9.53 Å². The highest BCUT2D eigenvalue weighted by Gasteiger charge is 2.18. The van der Waals surface area contributed by atoms with E-state index in [9.17, 15) is 9.59 Å². The van der Waals surface area contributed by atoms with E-state index in [0.717, 1.165) is 18.6 Å². The number of hydrogen-bond acceptors (Lipinski definition) is 5. The first kappa shape index (κ1) is 16.3. The van der Waals surface area contributed by atoms with Gasteiger partial charge in [-0.3, -0.25) is 14.6 Å². The zero-order valence-electron chi connectivity index (χ0n) is 13.5. The first-order chi connectivity index (χ1) is 11.6. The van der Waals surface area contributed by atoms with Gasteiger partial charge in [0.05, 0.1) is 13.0 Å². The number of pyridine rings is 1. The molecule has 0 spiro atoms.